The van der Waals surface area contributed by atoms with Gasteiger partial charge in [-0.2, -0.15) is 0 Å². The third-order valence-corrected chi connectivity index (χ3v) is 4.24. The number of aromatic nitrogens is 3. The van der Waals surface area contributed by atoms with Crippen LogP contribution in [0.25, 0.3) is 0 Å². The van der Waals surface area contributed by atoms with E-state index in [9.17, 15) is 4.39 Å². The van der Waals surface area contributed by atoms with Gasteiger partial charge in [-0.3, -0.25) is 4.99 Å². The van der Waals surface area contributed by atoms with E-state index in [-0.39, 0.29) is 5.82 Å². The fourth-order valence-corrected chi connectivity index (χ4v) is 2.70. The van der Waals surface area contributed by atoms with Gasteiger partial charge in [0.2, 0.25) is 0 Å². The van der Waals surface area contributed by atoms with E-state index in [4.69, 9.17) is 0 Å². The first-order valence-corrected chi connectivity index (χ1v) is 8.33. The van der Waals surface area contributed by atoms with E-state index < -0.39 is 0 Å². The summed E-state index contributed by atoms with van der Waals surface area (Å²) in [5.74, 6) is 2.34. The molecular weight excluding hydrogens is 315 g/mol. The Labute approximate surface area is 139 Å². The Kier molecular flexibility index (Phi) is 6.86. The third-order valence-electron chi connectivity index (χ3n) is 3.14. The highest BCUT2D eigenvalue weighted by molar-refractivity contribution is 7.99. The lowest BCUT2D eigenvalue weighted by Gasteiger charge is -2.11. The van der Waals surface area contributed by atoms with E-state index in [0.29, 0.717) is 6.54 Å². The topological polar surface area (TPSA) is 67.1 Å². The third kappa shape index (κ3) is 5.90. The predicted molar refractivity (Wildman–Crippen MR) is 90.9 cm³/mol. The predicted octanol–water partition coefficient (Wildman–Crippen LogP) is 1.80. The molecule has 8 heteroatoms. The number of nitrogens with one attached hydrogen (secondary N) is 2. The zero-order chi connectivity index (χ0) is 16.5. The SMILES string of the molecule is CN=C(NCCCSc1ccc(F)cc1)NCc1nncn1C. The summed E-state index contributed by atoms with van der Waals surface area (Å²) < 4.78 is 14.7. The minimum Gasteiger partial charge on any atom is -0.356 e. The van der Waals surface area contributed by atoms with Crippen molar-refractivity contribution in [2.45, 2.75) is 17.9 Å². The zero-order valence-corrected chi connectivity index (χ0v) is 14.1. The van der Waals surface area contributed by atoms with Crippen molar-refractivity contribution < 1.29 is 4.39 Å². The molecular formula is C15H21FN6S. The van der Waals surface area contributed by atoms with Crippen LogP contribution >= 0.6 is 11.8 Å². The molecule has 0 spiro atoms. The molecule has 1 aromatic heterocycles. The smallest absolute Gasteiger partial charge is 0.191 e. The van der Waals surface area contributed by atoms with E-state index in [0.717, 1.165) is 35.4 Å². The minimum atomic E-state index is -0.200. The molecule has 0 fully saturated rings. The van der Waals surface area contributed by atoms with Gasteiger partial charge in [0.1, 0.15) is 12.1 Å². The average molecular weight is 336 g/mol. The number of hydrogen-bond acceptors (Lipinski definition) is 4. The Bertz CT molecular complexity index is 625. The molecule has 0 saturated heterocycles. The van der Waals surface area contributed by atoms with Gasteiger partial charge in [-0.25, -0.2) is 4.39 Å². The Morgan fingerprint density at radius 3 is 2.74 bits per heavy atom. The standard InChI is InChI=1S/C15H21FN6S/c1-17-15(19-10-14-21-20-11-22(14)2)18-8-3-9-23-13-6-4-12(16)5-7-13/h4-7,11H,3,8-10H2,1-2H3,(H2,17,18,19). The maximum atomic E-state index is 12.8. The molecule has 0 atom stereocenters. The number of hydrogen-bond donors (Lipinski definition) is 2. The number of aliphatic imine (C=N–C) groups is 1. The fraction of sp³-hybridized carbons (Fsp3) is 0.400. The number of aryl methyl sites for hydroxylation is 1. The molecule has 0 radical (unpaired) electrons. The quantitative estimate of drug-likeness (QED) is 0.349. The summed E-state index contributed by atoms with van der Waals surface area (Å²) in [4.78, 5) is 5.25. The number of rotatable bonds is 7. The molecule has 1 heterocycles. The highest BCUT2D eigenvalue weighted by atomic mass is 32.2. The second kappa shape index (κ2) is 9.14. The molecule has 0 aliphatic carbocycles. The van der Waals surface area contributed by atoms with E-state index in [2.05, 4.69) is 25.8 Å². The number of guanidine groups is 1. The van der Waals surface area contributed by atoms with Gasteiger partial charge >= 0.3 is 0 Å². The van der Waals surface area contributed by atoms with Crippen molar-refractivity contribution in [2.24, 2.45) is 12.0 Å². The molecule has 6 nitrogen and oxygen atoms in total. The monoisotopic (exact) mass is 336 g/mol. The summed E-state index contributed by atoms with van der Waals surface area (Å²) in [5, 5.41) is 14.3. The number of nitrogens with zero attached hydrogens (tertiary/aromatic N) is 4. The first-order valence-electron chi connectivity index (χ1n) is 7.35. The Balaban J connectivity index is 1.62. The van der Waals surface area contributed by atoms with E-state index in [1.807, 2.05) is 11.6 Å². The lowest BCUT2D eigenvalue weighted by molar-refractivity contribution is 0.626. The van der Waals surface area contributed by atoms with E-state index >= 15 is 0 Å². The van der Waals surface area contributed by atoms with Crippen LogP contribution < -0.4 is 10.6 Å². The second-order valence-electron chi connectivity index (χ2n) is 4.87. The molecule has 2 N–H and O–H groups in total. The van der Waals surface area contributed by atoms with Gasteiger partial charge in [0.15, 0.2) is 11.8 Å². The minimum absolute atomic E-state index is 0.200. The van der Waals surface area contributed by atoms with Crippen LogP contribution in [0.1, 0.15) is 12.2 Å². The molecule has 0 saturated carbocycles. The van der Waals surface area contributed by atoms with Crippen LogP contribution in [0.2, 0.25) is 0 Å². The van der Waals surface area contributed by atoms with Crippen LogP contribution in [0.15, 0.2) is 40.5 Å². The van der Waals surface area contributed by atoms with Crippen molar-refractivity contribution in [3.05, 3.63) is 42.2 Å². The van der Waals surface area contributed by atoms with Gasteiger partial charge < -0.3 is 15.2 Å². The fourth-order valence-electron chi connectivity index (χ4n) is 1.85. The highest BCUT2D eigenvalue weighted by Crippen LogP contribution is 2.18. The van der Waals surface area contributed by atoms with Gasteiger partial charge in [0.05, 0.1) is 6.54 Å². The number of halogens is 1. The summed E-state index contributed by atoms with van der Waals surface area (Å²) in [7, 11) is 3.64. The number of thioether (sulfide) groups is 1. The Hall–Kier alpha value is -2.09. The maximum absolute atomic E-state index is 12.8. The first kappa shape index (κ1) is 17.3. The molecule has 0 unspecified atom stereocenters. The lowest BCUT2D eigenvalue weighted by Crippen LogP contribution is -2.37. The van der Waals surface area contributed by atoms with Crippen molar-refractivity contribution in [3.8, 4) is 0 Å². The van der Waals surface area contributed by atoms with Crippen molar-refractivity contribution in [1.29, 1.82) is 0 Å². The first-order chi connectivity index (χ1) is 11.2. The summed E-state index contributed by atoms with van der Waals surface area (Å²) >= 11 is 1.71. The normalized spacial score (nSPS) is 11.5. The average Bonchev–Trinajstić information content (AvgIpc) is 2.97. The summed E-state index contributed by atoms with van der Waals surface area (Å²) in [5.41, 5.74) is 0. The molecule has 1 aromatic carbocycles. The van der Waals surface area contributed by atoms with Gasteiger partial charge in [-0.05, 0) is 36.4 Å². The van der Waals surface area contributed by atoms with Crippen LogP contribution in [0.3, 0.4) is 0 Å². The van der Waals surface area contributed by atoms with Crippen molar-refractivity contribution in [2.75, 3.05) is 19.3 Å². The Morgan fingerprint density at radius 2 is 2.09 bits per heavy atom. The van der Waals surface area contributed by atoms with Gasteiger partial charge in [0, 0.05) is 25.5 Å². The maximum Gasteiger partial charge on any atom is 0.191 e. The van der Waals surface area contributed by atoms with Crippen LogP contribution in [0.5, 0.6) is 0 Å². The van der Waals surface area contributed by atoms with Crippen LogP contribution in [0.4, 0.5) is 4.39 Å². The molecule has 0 aliphatic heterocycles. The zero-order valence-electron chi connectivity index (χ0n) is 13.3. The summed E-state index contributed by atoms with van der Waals surface area (Å²) in [6.07, 6.45) is 2.65. The molecule has 0 amide bonds. The molecule has 0 bridgehead atoms. The van der Waals surface area contributed by atoms with Crippen LogP contribution in [-0.2, 0) is 13.6 Å². The summed E-state index contributed by atoms with van der Waals surface area (Å²) in [6, 6.07) is 6.57. The molecule has 2 aromatic rings. The molecule has 124 valence electrons. The highest BCUT2D eigenvalue weighted by Gasteiger charge is 2.02. The van der Waals surface area contributed by atoms with Gasteiger partial charge in [-0.1, -0.05) is 0 Å². The van der Waals surface area contributed by atoms with Crippen molar-refractivity contribution in [3.63, 3.8) is 0 Å². The van der Waals surface area contributed by atoms with E-state index in [1.54, 1.807) is 37.3 Å². The molecule has 0 aliphatic rings. The van der Waals surface area contributed by atoms with Crippen molar-refractivity contribution >= 4 is 17.7 Å². The Morgan fingerprint density at radius 1 is 1.30 bits per heavy atom. The summed E-state index contributed by atoms with van der Waals surface area (Å²) in [6.45, 7) is 1.38. The molecule has 2 rings (SSSR count). The largest absolute Gasteiger partial charge is 0.356 e. The molecule has 23 heavy (non-hydrogen) atoms. The van der Waals surface area contributed by atoms with Crippen LogP contribution in [0, 0.1) is 5.82 Å². The van der Waals surface area contributed by atoms with Crippen LogP contribution in [-0.4, -0.2) is 40.1 Å². The van der Waals surface area contributed by atoms with Gasteiger partial charge in [-0.15, -0.1) is 22.0 Å². The number of benzene rings is 1. The van der Waals surface area contributed by atoms with Gasteiger partial charge in [0.25, 0.3) is 0 Å². The second-order valence-corrected chi connectivity index (χ2v) is 6.03. The van der Waals surface area contributed by atoms with Crippen molar-refractivity contribution in [1.82, 2.24) is 25.4 Å². The lowest BCUT2D eigenvalue weighted by atomic mass is 10.4. The van der Waals surface area contributed by atoms with E-state index in [1.165, 1.54) is 12.1 Å².